The maximum Gasteiger partial charge on any atom is 0.320 e. The van der Waals surface area contributed by atoms with Crippen LogP contribution in [-0.4, -0.2) is 62.1 Å². The molecule has 168 valence electrons. The normalized spacial score (nSPS) is 24.8. The van der Waals surface area contributed by atoms with Gasteiger partial charge in [-0.15, -0.1) is 0 Å². The molecule has 3 atom stereocenters. The molecule has 7 nitrogen and oxygen atoms in total. The third-order valence-corrected chi connectivity index (χ3v) is 8.43. The van der Waals surface area contributed by atoms with Crippen LogP contribution in [0.1, 0.15) is 17.9 Å². The molecule has 2 N–H and O–H groups in total. The van der Waals surface area contributed by atoms with Crippen LogP contribution in [0.5, 0.6) is 0 Å². The third kappa shape index (κ3) is 3.46. The quantitative estimate of drug-likeness (QED) is 0.737. The molecule has 3 heterocycles. The first-order valence-electron chi connectivity index (χ1n) is 10.6. The van der Waals surface area contributed by atoms with E-state index in [2.05, 4.69) is 0 Å². The molecule has 1 saturated carbocycles. The largest absolute Gasteiger partial charge is 0.369 e. The molecule has 1 aliphatic carbocycles. The van der Waals surface area contributed by atoms with Gasteiger partial charge in [0.2, 0.25) is 5.91 Å². The van der Waals surface area contributed by atoms with Crippen LogP contribution in [0.4, 0.5) is 4.79 Å². The first-order valence-corrected chi connectivity index (χ1v) is 12.8. The minimum atomic E-state index is -3.42. The van der Waals surface area contributed by atoms with Crippen LogP contribution in [0.3, 0.4) is 0 Å². The van der Waals surface area contributed by atoms with Crippen molar-refractivity contribution >= 4 is 33.4 Å². The summed E-state index contributed by atoms with van der Waals surface area (Å²) < 4.78 is 24.4. The van der Waals surface area contributed by atoms with Crippen molar-refractivity contribution in [3.05, 3.63) is 53.1 Å². The van der Waals surface area contributed by atoms with E-state index in [1.165, 1.54) is 12.3 Å². The fourth-order valence-electron chi connectivity index (χ4n) is 5.26. The summed E-state index contributed by atoms with van der Waals surface area (Å²) >= 11 is 6.00. The Morgan fingerprint density at radius 2 is 1.75 bits per heavy atom. The summed E-state index contributed by atoms with van der Waals surface area (Å²) in [5.41, 5.74) is 7.99. The van der Waals surface area contributed by atoms with Crippen molar-refractivity contribution in [3.8, 4) is 11.1 Å². The van der Waals surface area contributed by atoms with E-state index in [0.29, 0.717) is 30.2 Å². The molecule has 3 aliphatic heterocycles. The van der Waals surface area contributed by atoms with Gasteiger partial charge >= 0.3 is 6.03 Å². The lowest BCUT2D eigenvalue weighted by atomic mass is 9.73. The number of primary amides is 1. The number of urea groups is 1. The van der Waals surface area contributed by atoms with Gasteiger partial charge in [-0.2, -0.15) is 0 Å². The van der Waals surface area contributed by atoms with E-state index in [-0.39, 0.29) is 40.6 Å². The van der Waals surface area contributed by atoms with Gasteiger partial charge in [0.15, 0.2) is 9.84 Å². The molecule has 9 heteroatoms. The summed E-state index contributed by atoms with van der Waals surface area (Å²) in [7, 11) is -3.42. The van der Waals surface area contributed by atoms with Crippen LogP contribution < -0.4 is 5.73 Å². The summed E-state index contributed by atoms with van der Waals surface area (Å²) in [6, 6.07) is 12.6. The molecule has 6 rings (SSSR count). The number of hydrogen-bond donors (Lipinski definition) is 1. The number of amides is 3. The standard InChI is InChI=1S/C23H24ClN3O4S/c1-32(30,31)20-9-17(24)6-7-18(20)14-4-2-13(3-5-14)16-10-26(11-16)23(29)27-12-15-8-19(27)21(15)22(25)28/h2-7,9,15-16,19,21H,8,10-12H2,1H3,(H2,25,28)/t15-,19-,21+/m0/s1. The highest BCUT2D eigenvalue weighted by molar-refractivity contribution is 7.90. The Balaban J connectivity index is 1.26. The van der Waals surface area contributed by atoms with Crippen molar-refractivity contribution in [2.75, 3.05) is 25.9 Å². The first-order chi connectivity index (χ1) is 15.1. The summed E-state index contributed by atoms with van der Waals surface area (Å²) in [6.07, 6.45) is 2.05. The minimum Gasteiger partial charge on any atom is -0.369 e. The van der Waals surface area contributed by atoms with Gasteiger partial charge in [-0.3, -0.25) is 4.79 Å². The summed E-state index contributed by atoms with van der Waals surface area (Å²) in [5, 5.41) is 0.377. The molecule has 2 aromatic carbocycles. The van der Waals surface area contributed by atoms with Crippen LogP contribution in [0, 0.1) is 11.8 Å². The second-order valence-corrected chi connectivity index (χ2v) is 11.5. The monoisotopic (exact) mass is 473 g/mol. The van der Waals surface area contributed by atoms with Gasteiger partial charge in [-0.05, 0) is 35.6 Å². The lowest BCUT2D eigenvalue weighted by molar-refractivity contribution is -0.126. The highest BCUT2D eigenvalue weighted by Gasteiger charge is 2.57. The van der Waals surface area contributed by atoms with E-state index < -0.39 is 9.84 Å². The van der Waals surface area contributed by atoms with Gasteiger partial charge in [-0.25, -0.2) is 13.2 Å². The minimum absolute atomic E-state index is 0.00641. The van der Waals surface area contributed by atoms with Crippen LogP contribution >= 0.6 is 11.6 Å². The number of rotatable bonds is 4. The first kappa shape index (κ1) is 21.3. The smallest absolute Gasteiger partial charge is 0.320 e. The molecular formula is C23H24ClN3O4S. The summed E-state index contributed by atoms with van der Waals surface area (Å²) in [4.78, 5) is 28.2. The maximum absolute atomic E-state index is 12.8. The molecule has 0 radical (unpaired) electrons. The zero-order valence-electron chi connectivity index (χ0n) is 17.6. The highest BCUT2D eigenvalue weighted by Crippen LogP contribution is 2.47. The molecule has 0 spiro atoms. The number of likely N-dealkylation sites (tertiary alicyclic amines) is 1. The number of nitrogens with zero attached hydrogens (tertiary/aromatic N) is 2. The van der Waals surface area contributed by atoms with Crippen molar-refractivity contribution in [2.24, 2.45) is 17.6 Å². The Labute approximate surface area is 192 Å². The zero-order chi connectivity index (χ0) is 22.8. The van der Waals surface area contributed by atoms with Gasteiger partial charge in [0, 0.05) is 48.4 Å². The van der Waals surface area contributed by atoms with Gasteiger partial charge in [0.05, 0.1) is 10.8 Å². The van der Waals surface area contributed by atoms with Crippen molar-refractivity contribution in [3.63, 3.8) is 0 Å². The highest BCUT2D eigenvalue weighted by atomic mass is 35.5. The molecule has 2 aromatic rings. The van der Waals surface area contributed by atoms with Crippen LogP contribution in [-0.2, 0) is 14.6 Å². The topological polar surface area (TPSA) is 101 Å². The Kier molecular flexibility index (Phi) is 4.98. The number of sulfone groups is 1. The number of halogens is 1. The molecule has 0 aromatic heterocycles. The average Bonchev–Trinajstić information content (AvgIpc) is 3.27. The molecule has 3 saturated heterocycles. The molecule has 3 amide bonds. The lowest BCUT2D eigenvalue weighted by Gasteiger charge is -2.43. The number of nitrogens with two attached hydrogens (primary N) is 1. The Morgan fingerprint density at radius 1 is 1.06 bits per heavy atom. The zero-order valence-corrected chi connectivity index (χ0v) is 19.1. The second kappa shape index (κ2) is 7.49. The van der Waals surface area contributed by atoms with Crippen molar-refractivity contribution < 1.29 is 18.0 Å². The number of carbonyl (C=O) groups is 2. The summed E-state index contributed by atoms with van der Waals surface area (Å²) in [6.45, 7) is 1.88. The lowest BCUT2D eigenvalue weighted by Crippen LogP contribution is -2.56. The van der Waals surface area contributed by atoms with Gasteiger partial charge in [0.1, 0.15) is 0 Å². The maximum atomic E-state index is 12.8. The average molecular weight is 474 g/mol. The van der Waals surface area contributed by atoms with E-state index in [0.717, 1.165) is 17.5 Å². The van der Waals surface area contributed by atoms with E-state index in [1.807, 2.05) is 34.1 Å². The number of hydrogen-bond acceptors (Lipinski definition) is 4. The van der Waals surface area contributed by atoms with E-state index in [4.69, 9.17) is 17.3 Å². The Morgan fingerprint density at radius 3 is 2.34 bits per heavy atom. The molecule has 32 heavy (non-hydrogen) atoms. The predicted octanol–water partition coefficient (Wildman–Crippen LogP) is 2.74. The molecule has 4 aliphatic rings. The van der Waals surface area contributed by atoms with Crippen molar-refractivity contribution in [1.29, 1.82) is 0 Å². The van der Waals surface area contributed by atoms with E-state index in [9.17, 15) is 18.0 Å². The van der Waals surface area contributed by atoms with E-state index >= 15 is 0 Å². The van der Waals surface area contributed by atoms with Crippen LogP contribution in [0.15, 0.2) is 47.4 Å². The predicted molar refractivity (Wildman–Crippen MR) is 121 cm³/mol. The van der Waals surface area contributed by atoms with E-state index in [1.54, 1.807) is 12.1 Å². The van der Waals surface area contributed by atoms with Crippen LogP contribution in [0.2, 0.25) is 5.02 Å². The molecular weight excluding hydrogens is 450 g/mol. The SMILES string of the molecule is CS(=O)(=O)c1cc(Cl)ccc1-c1ccc(C2CN(C(=O)N3C[C@@H]4C[C@H]3[C@@H]4C(N)=O)C2)cc1. The van der Waals surface area contributed by atoms with Crippen LogP contribution in [0.25, 0.3) is 11.1 Å². The fraction of sp³-hybridized carbons (Fsp3) is 0.391. The van der Waals surface area contributed by atoms with Gasteiger partial charge < -0.3 is 15.5 Å². The van der Waals surface area contributed by atoms with Crippen molar-refractivity contribution in [1.82, 2.24) is 9.80 Å². The fourth-order valence-corrected chi connectivity index (χ4v) is 6.43. The van der Waals surface area contributed by atoms with Gasteiger partial charge in [0.25, 0.3) is 0 Å². The molecule has 0 unspecified atom stereocenters. The third-order valence-electron chi connectivity index (χ3n) is 7.06. The molecule has 2 bridgehead atoms. The number of benzene rings is 2. The van der Waals surface area contributed by atoms with Gasteiger partial charge in [-0.1, -0.05) is 41.9 Å². The number of fused-ring (bicyclic) bond motifs is 1. The molecule has 4 fully saturated rings. The van der Waals surface area contributed by atoms with Crippen molar-refractivity contribution in [2.45, 2.75) is 23.3 Å². The Bertz CT molecular complexity index is 1210. The Hall–Kier alpha value is -2.58. The summed E-state index contributed by atoms with van der Waals surface area (Å²) in [5.74, 6) is -0.0380. The number of carbonyl (C=O) groups excluding carboxylic acids is 2. The second-order valence-electron chi connectivity index (χ2n) is 9.06.